The molecule has 9 heteroatoms. The lowest BCUT2D eigenvalue weighted by Gasteiger charge is -2.16. The molecule has 1 unspecified atom stereocenters. The average Bonchev–Trinajstić information content (AvgIpc) is 2.71. The summed E-state index contributed by atoms with van der Waals surface area (Å²) in [6.07, 6.45) is 1.50. The predicted octanol–water partition coefficient (Wildman–Crippen LogP) is -0.175. The minimum atomic E-state index is -2.93. The minimum absolute atomic E-state index is 0. The Hall–Kier alpha value is -0.580. The third-order valence-corrected chi connectivity index (χ3v) is 4.75. The van der Waals surface area contributed by atoms with E-state index in [1.54, 1.807) is 14.1 Å². The maximum absolute atomic E-state index is 11.5. The van der Waals surface area contributed by atoms with E-state index in [4.69, 9.17) is 0 Å². The number of hydrogen-bond acceptors (Lipinski definition) is 4. The van der Waals surface area contributed by atoms with Gasteiger partial charge in [-0.3, -0.25) is 4.79 Å². The van der Waals surface area contributed by atoms with E-state index in [1.807, 2.05) is 6.92 Å². The zero-order valence-corrected chi connectivity index (χ0v) is 15.9. The van der Waals surface area contributed by atoms with Crippen LogP contribution in [0.4, 0.5) is 0 Å². The number of carbonyl (C=O) groups is 1. The van der Waals surface area contributed by atoms with E-state index in [2.05, 4.69) is 15.6 Å². The van der Waals surface area contributed by atoms with Crippen molar-refractivity contribution in [3.8, 4) is 0 Å². The molecule has 0 spiro atoms. The van der Waals surface area contributed by atoms with Gasteiger partial charge in [-0.05, 0) is 12.8 Å². The van der Waals surface area contributed by atoms with Gasteiger partial charge in [0.1, 0.15) is 6.54 Å². The Kier molecular flexibility index (Phi) is 9.18. The highest BCUT2D eigenvalue weighted by atomic mass is 127. The van der Waals surface area contributed by atoms with Crippen molar-refractivity contribution in [2.45, 2.75) is 25.8 Å². The molecule has 1 aliphatic heterocycles. The summed E-state index contributed by atoms with van der Waals surface area (Å²) in [5.74, 6) is 0.745. The molecule has 0 aromatic carbocycles. The van der Waals surface area contributed by atoms with Crippen molar-refractivity contribution < 1.29 is 13.2 Å². The molecule has 0 bridgehead atoms. The van der Waals surface area contributed by atoms with E-state index in [-0.39, 0.29) is 54.0 Å². The minimum Gasteiger partial charge on any atom is -0.356 e. The molecule has 0 aromatic rings. The van der Waals surface area contributed by atoms with Crippen LogP contribution in [-0.2, 0) is 14.6 Å². The summed E-state index contributed by atoms with van der Waals surface area (Å²) in [6, 6.07) is -0.127. The second-order valence-corrected chi connectivity index (χ2v) is 7.35. The predicted molar refractivity (Wildman–Crippen MR) is 94.9 cm³/mol. The Labute approximate surface area is 143 Å². The van der Waals surface area contributed by atoms with Crippen molar-refractivity contribution in [1.29, 1.82) is 0 Å². The Bertz CT molecular complexity index is 465. The molecule has 124 valence electrons. The topological polar surface area (TPSA) is 90.9 Å². The van der Waals surface area contributed by atoms with Crippen LogP contribution >= 0.6 is 24.0 Å². The number of sulfone groups is 1. The first kappa shape index (κ1) is 20.4. The first-order chi connectivity index (χ1) is 9.34. The van der Waals surface area contributed by atoms with Crippen LogP contribution in [-0.4, -0.2) is 69.9 Å². The lowest BCUT2D eigenvalue weighted by molar-refractivity contribution is -0.127. The summed E-state index contributed by atoms with van der Waals surface area (Å²) in [5.41, 5.74) is 0. The van der Waals surface area contributed by atoms with Crippen LogP contribution in [0.1, 0.15) is 19.8 Å². The van der Waals surface area contributed by atoms with Crippen LogP contribution in [0.2, 0.25) is 0 Å². The highest BCUT2D eigenvalue weighted by Gasteiger charge is 2.28. The molecule has 2 N–H and O–H groups in total. The Morgan fingerprint density at radius 3 is 2.52 bits per heavy atom. The molecule has 1 heterocycles. The van der Waals surface area contributed by atoms with Gasteiger partial charge >= 0.3 is 0 Å². The van der Waals surface area contributed by atoms with Gasteiger partial charge in [-0.15, -0.1) is 24.0 Å². The fourth-order valence-electron chi connectivity index (χ4n) is 1.79. The number of hydrogen-bond donors (Lipinski definition) is 2. The molecular weight excluding hydrogens is 407 g/mol. The monoisotopic (exact) mass is 432 g/mol. The lowest BCUT2D eigenvalue weighted by Crippen LogP contribution is -2.44. The van der Waals surface area contributed by atoms with Crippen LogP contribution in [0, 0.1) is 0 Å². The number of amides is 1. The number of aliphatic imine (C=N–C) groups is 1. The third-order valence-electron chi connectivity index (χ3n) is 2.99. The Balaban J connectivity index is 0.00000400. The van der Waals surface area contributed by atoms with Gasteiger partial charge in [0.25, 0.3) is 0 Å². The van der Waals surface area contributed by atoms with Gasteiger partial charge in [-0.25, -0.2) is 13.4 Å². The quantitative estimate of drug-likeness (QED) is 0.358. The van der Waals surface area contributed by atoms with Crippen molar-refractivity contribution in [3.05, 3.63) is 0 Å². The van der Waals surface area contributed by atoms with E-state index >= 15 is 0 Å². The SMILES string of the molecule is CCCNC(=NCC(=O)N(C)C)NC1CCS(=O)(=O)C1.I. The summed E-state index contributed by atoms with van der Waals surface area (Å²) >= 11 is 0. The zero-order valence-electron chi connectivity index (χ0n) is 12.8. The highest BCUT2D eigenvalue weighted by molar-refractivity contribution is 14.0. The van der Waals surface area contributed by atoms with Crippen LogP contribution in [0.15, 0.2) is 4.99 Å². The molecule has 1 rings (SSSR count). The normalized spacial score (nSPS) is 20.5. The summed E-state index contributed by atoms with van der Waals surface area (Å²) in [6.45, 7) is 2.79. The first-order valence-corrected chi connectivity index (χ1v) is 8.61. The summed E-state index contributed by atoms with van der Waals surface area (Å²) < 4.78 is 22.9. The second kappa shape index (κ2) is 9.44. The molecule has 7 nitrogen and oxygen atoms in total. The Morgan fingerprint density at radius 2 is 2.05 bits per heavy atom. The second-order valence-electron chi connectivity index (χ2n) is 5.12. The molecule has 0 radical (unpaired) electrons. The number of guanidine groups is 1. The Morgan fingerprint density at radius 1 is 1.38 bits per heavy atom. The van der Waals surface area contributed by atoms with Crippen molar-refractivity contribution in [2.75, 3.05) is 38.7 Å². The maximum Gasteiger partial charge on any atom is 0.243 e. The first-order valence-electron chi connectivity index (χ1n) is 6.79. The number of carbonyl (C=O) groups excluding carboxylic acids is 1. The molecule has 1 fully saturated rings. The molecule has 1 aliphatic rings. The molecule has 1 saturated heterocycles. The number of nitrogens with one attached hydrogen (secondary N) is 2. The molecule has 0 aromatic heterocycles. The van der Waals surface area contributed by atoms with Crippen LogP contribution in [0.3, 0.4) is 0 Å². The standard InChI is InChI=1S/C12H24N4O3S.HI/c1-4-6-13-12(14-8-11(17)16(2)3)15-10-5-7-20(18,19)9-10;/h10H,4-9H2,1-3H3,(H2,13,14,15);1H. The van der Waals surface area contributed by atoms with Crippen molar-refractivity contribution in [3.63, 3.8) is 0 Å². The van der Waals surface area contributed by atoms with E-state index in [0.29, 0.717) is 12.4 Å². The average molecular weight is 432 g/mol. The van der Waals surface area contributed by atoms with Gasteiger partial charge in [0, 0.05) is 26.7 Å². The van der Waals surface area contributed by atoms with Crippen molar-refractivity contribution >= 4 is 45.7 Å². The number of likely N-dealkylation sites (N-methyl/N-ethyl adjacent to an activating group) is 1. The number of halogens is 1. The van der Waals surface area contributed by atoms with Gasteiger partial charge in [0.2, 0.25) is 5.91 Å². The molecule has 0 saturated carbocycles. The summed E-state index contributed by atoms with van der Waals surface area (Å²) in [5, 5.41) is 6.18. The lowest BCUT2D eigenvalue weighted by atomic mass is 10.3. The van der Waals surface area contributed by atoms with Gasteiger partial charge < -0.3 is 15.5 Å². The number of nitrogens with zero attached hydrogens (tertiary/aromatic N) is 2. The van der Waals surface area contributed by atoms with Crippen molar-refractivity contribution in [1.82, 2.24) is 15.5 Å². The van der Waals surface area contributed by atoms with Crippen LogP contribution in [0.25, 0.3) is 0 Å². The van der Waals surface area contributed by atoms with E-state index in [0.717, 1.165) is 13.0 Å². The maximum atomic E-state index is 11.5. The molecule has 1 amide bonds. The fourth-order valence-corrected chi connectivity index (χ4v) is 3.46. The van der Waals surface area contributed by atoms with E-state index in [9.17, 15) is 13.2 Å². The largest absolute Gasteiger partial charge is 0.356 e. The summed E-state index contributed by atoms with van der Waals surface area (Å²) in [4.78, 5) is 17.2. The van der Waals surface area contributed by atoms with Crippen LogP contribution < -0.4 is 10.6 Å². The third kappa shape index (κ3) is 7.84. The van der Waals surface area contributed by atoms with Gasteiger partial charge in [-0.1, -0.05) is 6.92 Å². The molecule has 1 atom stereocenters. The molecule has 0 aliphatic carbocycles. The van der Waals surface area contributed by atoms with Gasteiger partial charge in [0.05, 0.1) is 11.5 Å². The smallest absolute Gasteiger partial charge is 0.243 e. The highest BCUT2D eigenvalue weighted by Crippen LogP contribution is 2.10. The van der Waals surface area contributed by atoms with Gasteiger partial charge in [0.15, 0.2) is 15.8 Å². The fraction of sp³-hybridized carbons (Fsp3) is 0.833. The molecule has 21 heavy (non-hydrogen) atoms. The molecular formula is C12H25IN4O3S. The van der Waals surface area contributed by atoms with Gasteiger partial charge in [-0.2, -0.15) is 0 Å². The van der Waals surface area contributed by atoms with E-state index < -0.39 is 9.84 Å². The van der Waals surface area contributed by atoms with Crippen LogP contribution in [0.5, 0.6) is 0 Å². The summed E-state index contributed by atoms with van der Waals surface area (Å²) in [7, 11) is 0.422. The van der Waals surface area contributed by atoms with Crippen molar-refractivity contribution in [2.24, 2.45) is 4.99 Å². The zero-order chi connectivity index (χ0) is 15.2. The van der Waals surface area contributed by atoms with E-state index in [1.165, 1.54) is 4.90 Å². The number of rotatable bonds is 5.